The van der Waals surface area contributed by atoms with Gasteiger partial charge in [-0.25, -0.2) is 0 Å². The number of benzene rings is 1. The molecule has 1 unspecified atom stereocenters. The molecule has 20 heavy (non-hydrogen) atoms. The van der Waals surface area contributed by atoms with Crippen LogP contribution in [0.3, 0.4) is 0 Å². The molecule has 1 atom stereocenters. The minimum atomic E-state index is 0.111. The highest BCUT2D eigenvalue weighted by molar-refractivity contribution is 8.00. The summed E-state index contributed by atoms with van der Waals surface area (Å²) in [6, 6.07) is 7.50. The molecular weight excluding hydrogens is 268 g/mol. The van der Waals surface area contributed by atoms with Crippen LogP contribution in [0, 0.1) is 11.8 Å². The monoisotopic (exact) mass is 288 g/mol. The van der Waals surface area contributed by atoms with Crippen LogP contribution in [-0.2, 0) is 0 Å². The third-order valence-corrected chi connectivity index (χ3v) is 4.70. The molecule has 1 fully saturated rings. The van der Waals surface area contributed by atoms with Gasteiger partial charge >= 0.3 is 0 Å². The van der Waals surface area contributed by atoms with Crippen LogP contribution >= 0.6 is 11.8 Å². The van der Waals surface area contributed by atoms with Gasteiger partial charge in [0, 0.05) is 35.2 Å². The zero-order valence-corrected chi connectivity index (χ0v) is 12.6. The van der Waals surface area contributed by atoms with Crippen molar-refractivity contribution in [2.24, 2.45) is 5.73 Å². The van der Waals surface area contributed by atoms with Crippen molar-refractivity contribution in [1.82, 2.24) is 4.90 Å². The summed E-state index contributed by atoms with van der Waals surface area (Å²) >= 11 is 1.96. The first-order chi connectivity index (χ1) is 9.74. The van der Waals surface area contributed by atoms with E-state index in [1.807, 2.05) is 40.9 Å². The Morgan fingerprint density at radius 3 is 3.15 bits per heavy atom. The summed E-state index contributed by atoms with van der Waals surface area (Å²) in [6.45, 7) is 4.19. The molecule has 3 nitrogen and oxygen atoms in total. The van der Waals surface area contributed by atoms with E-state index in [0.717, 1.165) is 36.4 Å². The molecule has 0 aromatic heterocycles. The maximum absolute atomic E-state index is 12.5. The van der Waals surface area contributed by atoms with Crippen molar-refractivity contribution in [2.75, 3.05) is 25.4 Å². The SMILES string of the molecule is CCC1CN(C(=O)c2cccc(C#CCN)c2)CCS1. The van der Waals surface area contributed by atoms with Gasteiger partial charge in [-0.05, 0) is 24.6 Å². The topological polar surface area (TPSA) is 46.3 Å². The van der Waals surface area contributed by atoms with Crippen LogP contribution in [0.15, 0.2) is 24.3 Å². The van der Waals surface area contributed by atoms with E-state index >= 15 is 0 Å². The third kappa shape index (κ3) is 3.78. The maximum Gasteiger partial charge on any atom is 0.253 e. The minimum absolute atomic E-state index is 0.111. The van der Waals surface area contributed by atoms with Crippen molar-refractivity contribution in [3.8, 4) is 11.8 Å². The highest BCUT2D eigenvalue weighted by Gasteiger charge is 2.23. The fourth-order valence-corrected chi connectivity index (χ4v) is 3.40. The average molecular weight is 288 g/mol. The van der Waals surface area contributed by atoms with Crippen molar-refractivity contribution < 1.29 is 4.79 Å². The standard InChI is InChI=1S/C16H20N2OS/c1-2-15-12-18(9-10-20-15)16(19)14-7-3-5-13(11-14)6-4-8-17/h3,5,7,11,15H,2,8-10,12,17H2,1H3. The lowest BCUT2D eigenvalue weighted by molar-refractivity contribution is 0.0761. The van der Waals surface area contributed by atoms with Crippen LogP contribution in [0.25, 0.3) is 0 Å². The lowest BCUT2D eigenvalue weighted by atomic mass is 10.1. The summed E-state index contributed by atoms with van der Waals surface area (Å²) in [6.07, 6.45) is 1.11. The molecule has 106 valence electrons. The Labute approximate surface area is 124 Å². The molecule has 1 aliphatic heterocycles. The molecule has 0 radical (unpaired) electrons. The van der Waals surface area contributed by atoms with Gasteiger partial charge < -0.3 is 10.6 Å². The number of nitrogens with two attached hydrogens (primary N) is 1. The molecule has 0 bridgehead atoms. The first kappa shape index (κ1) is 15.0. The number of amides is 1. The van der Waals surface area contributed by atoms with Gasteiger partial charge in [0.1, 0.15) is 0 Å². The predicted molar refractivity (Wildman–Crippen MR) is 84.8 cm³/mol. The summed E-state index contributed by atoms with van der Waals surface area (Å²) in [5.41, 5.74) is 6.94. The number of carbonyl (C=O) groups excluding carboxylic acids is 1. The number of hydrogen-bond acceptors (Lipinski definition) is 3. The highest BCUT2D eigenvalue weighted by atomic mass is 32.2. The molecule has 2 N–H and O–H groups in total. The maximum atomic E-state index is 12.5. The van der Waals surface area contributed by atoms with E-state index in [0.29, 0.717) is 11.8 Å². The Morgan fingerprint density at radius 2 is 2.40 bits per heavy atom. The second-order valence-electron chi connectivity index (χ2n) is 4.74. The first-order valence-corrected chi connectivity index (χ1v) is 7.99. The summed E-state index contributed by atoms with van der Waals surface area (Å²) in [5, 5.41) is 0.563. The van der Waals surface area contributed by atoms with Gasteiger partial charge in [-0.3, -0.25) is 4.79 Å². The third-order valence-electron chi connectivity index (χ3n) is 3.33. The fraction of sp³-hybridized carbons (Fsp3) is 0.438. The number of carbonyl (C=O) groups is 1. The van der Waals surface area contributed by atoms with Crippen molar-refractivity contribution in [3.05, 3.63) is 35.4 Å². The Hall–Kier alpha value is -1.44. The lowest BCUT2D eigenvalue weighted by Crippen LogP contribution is -2.41. The van der Waals surface area contributed by atoms with Crippen LogP contribution in [-0.4, -0.2) is 41.4 Å². The number of nitrogens with zero attached hydrogens (tertiary/aromatic N) is 1. The average Bonchev–Trinajstić information content (AvgIpc) is 2.52. The molecule has 1 aromatic carbocycles. The van der Waals surface area contributed by atoms with Gasteiger partial charge in [0.2, 0.25) is 0 Å². The smallest absolute Gasteiger partial charge is 0.253 e. The molecule has 4 heteroatoms. The second kappa shape index (κ2) is 7.37. The van der Waals surface area contributed by atoms with Crippen molar-refractivity contribution in [2.45, 2.75) is 18.6 Å². The number of rotatable bonds is 2. The van der Waals surface area contributed by atoms with Gasteiger partial charge in [0.25, 0.3) is 5.91 Å². The van der Waals surface area contributed by atoms with Gasteiger partial charge in [0.05, 0.1) is 6.54 Å². The molecule has 0 aliphatic carbocycles. The van der Waals surface area contributed by atoms with Crippen molar-refractivity contribution in [3.63, 3.8) is 0 Å². The molecular formula is C16H20N2OS. The predicted octanol–water partition coefficient (Wildman–Crippen LogP) is 1.96. The normalized spacial score (nSPS) is 18.3. The van der Waals surface area contributed by atoms with Gasteiger partial charge in [-0.2, -0.15) is 11.8 Å². The van der Waals surface area contributed by atoms with E-state index in [9.17, 15) is 4.79 Å². The van der Waals surface area contributed by atoms with Crippen molar-refractivity contribution >= 4 is 17.7 Å². The molecule has 1 aromatic rings. The van der Waals surface area contributed by atoms with E-state index in [1.54, 1.807) is 0 Å². The van der Waals surface area contributed by atoms with Crippen LogP contribution in [0.4, 0.5) is 0 Å². The molecule has 2 rings (SSSR count). The number of thioether (sulfide) groups is 1. The highest BCUT2D eigenvalue weighted by Crippen LogP contribution is 2.22. The Kier molecular flexibility index (Phi) is 5.51. The largest absolute Gasteiger partial charge is 0.337 e. The number of hydrogen-bond donors (Lipinski definition) is 1. The summed E-state index contributed by atoms with van der Waals surface area (Å²) in [5.74, 6) is 6.92. The molecule has 1 aliphatic rings. The van der Waals surface area contributed by atoms with Crippen molar-refractivity contribution in [1.29, 1.82) is 0 Å². The minimum Gasteiger partial charge on any atom is -0.337 e. The summed E-state index contributed by atoms with van der Waals surface area (Å²) < 4.78 is 0. The second-order valence-corrected chi connectivity index (χ2v) is 6.15. The first-order valence-electron chi connectivity index (χ1n) is 6.94. The van der Waals surface area contributed by atoms with E-state index in [-0.39, 0.29) is 5.91 Å². The van der Waals surface area contributed by atoms with Crippen LogP contribution in [0.2, 0.25) is 0 Å². The van der Waals surface area contributed by atoms with Crippen LogP contribution in [0.1, 0.15) is 29.3 Å². The Bertz CT molecular complexity index is 533. The van der Waals surface area contributed by atoms with Gasteiger partial charge in [-0.15, -0.1) is 0 Å². The van der Waals surface area contributed by atoms with E-state index < -0.39 is 0 Å². The fourth-order valence-electron chi connectivity index (χ4n) is 2.22. The van der Waals surface area contributed by atoms with Crippen LogP contribution in [0.5, 0.6) is 0 Å². The Balaban J connectivity index is 2.12. The van der Waals surface area contributed by atoms with E-state index in [2.05, 4.69) is 18.8 Å². The van der Waals surface area contributed by atoms with E-state index in [4.69, 9.17) is 5.73 Å². The lowest BCUT2D eigenvalue weighted by Gasteiger charge is -2.32. The molecule has 1 amide bonds. The zero-order valence-electron chi connectivity index (χ0n) is 11.8. The van der Waals surface area contributed by atoms with Gasteiger partial charge in [-0.1, -0.05) is 24.8 Å². The molecule has 1 heterocycles. The quantitative estimate of drug-likeness (QED) is 0.846. The summed E-state index contributed by atoms with van der Waals surface area (Å²) in [7, 11) is 0. The Morgan fingerprint density at radius 1 is 1.55 bits per heavy atom. The molecule has 0 saturated carbocycles. The summed E-state index contributed by atoms with van der Waals surface area (Å²) in [4.78, 5) is 14.5. The van der Waals surface area contributed by atoms with E-state index in [1.165, 1.54) is 0 Å². The zero-order chi connectivity index (χ0) is 14.4. The molecule has 1 saturated heterocycles. The molecule has 0 spiro atoms. The van der Waals surface area contributed by atoms with Crippen LogP contribution < -0.4 is 5.73 Å². The van der Waals surface area contributed by atoms with Gasteiger partial charge in [0.15, 0.2) is 0 Å².